The van der Waals surface area contributed by atoms with Gasteiger partial charge in [0.15, 0.2) is 0 Å². The van der Waals surface area contributed by atoms with Gasteiger partial charge >= 0.3 is 0 Å². The van der Waals surface area contributed by atoms with Crippen LogP contribution < -0.4 is 4.90 Å². The van der Waals surface area contributed by atoms with Crippen LogP contribution in [-0.2, 0) is 11.8 Å². The first-order valence-corrected chi connectivity index (χ1v) is 22.1. The van der Waals surface area contributed by atoms with Crippen LogP contribution in [0.1, 0.15) is 33.4 Å². The van der Waals surface area contributed by atoms with Gasteiger partial charge in [0, 0.05) is 16.9 Å². The smallest absolute Gasteiger partial charge is 0.0725 e. The maximum absolute atomic E-state index is 2.42. The maximum atomic E-state index is 2.42. The number of benzene rings is 10. The molecule has 3 aliphatic rings. The lowest BCUT2D eigenvalue weighted by Gasteiger charge is -2.35. The Balaban J connectivity index is 0.958. The second kappa shape index (κ2) is 14.0. The van der Waals surface area contributed by atoms with Gasteiger partial charge in [-0.05, 0) is 131 Å². The summed E-state index contributed by atoms with van der Waals surface area (Å²) in [5.41, 5.74) is 26.3. The fraction of sp³-hybridized carbons (Fsp3) is 0.0323. The van der Waals surface area contributed by atoms with Crippen LogP contribution in [0, 0.1) is 0 Å². The molecule has 1 heteroatoms. The monoisotopic (exact) mass is 799 g/mol. The standard InChI is InChI=1S/C62H41N/c1-2-18-45(19-3-1)63(46-37-38-48-44(40-46)39-43-17-4-5-20-47(43)48)60-32-15-11-21-49(60)41-33-35-42(36-34-41)50-27-16-31-59-61(50)55-26-10-14-30-58(55)62(59)56-28-12-8-24-53(56)51-22-6-7-23-52(51)54-25-9-13-29-57(54)62/h1-38,40H,39H2. The third kappa shape index (κ3) is 5.24. The zero-order valence-corrected chi connectivity index (χ0v) is 34.7. The third-order valence-electron chi connectivity index (χ3n) is 13.9. The molecule has 0 unspecified atom stereocenters. The fourth-order valence-electron chi connectivity index (χ4n) is 11.4. The summed E-state index contributed by atoms with van der Waals surface area (Å²) in [6, 6.07) is 88.1. The van der Waals surface area contributed by atoms with Crippen LogP contribution in [0.2, 0.25) is 0 Å². The molecule has 1 spiro atoms. The van der Waals surface area contributed by atoms with Crippen molar-refractivity contribution in [1.82, 2.24) is 0 Å². The zero-order chi connectivity index (χ0) is 41.5. The molecule has 0 aromatic heterocycles. The lowest BCUT2D eigenvalue weighted by Crippen LogP contribution is -2.29. The second-order valence-corrected chi connectivity index (χ2v) is 17.1. The summed E-state index contributed by atoms with van der Waals surface area (Å²) in [6.07, 6.45) is 0.951. The summed E-state index contributed by atoms with van der Waals surface area (Å²) in [7, 11) is 0. The molecule has 0 bridgehead atoms. The van der Waals surface area contributed by atoms with E-state index in [2.05, 4.69) is 241 Å². The molecule has 294 valence electrons. The van der Waals surface area contributed by atoms with E-state index in [0.29, 0.717) is 0 Å². The van der Waals surface area contributed by atoms with Crippen LogP contribution in [0.3, 0.4) is 0 Å². The minimum absolute atomic E-state index is 0.506. The van der Waals surface area contributed by atoms with Crippen molar-refractivity contribution in [3.8, 4) is 66.8 Å². The van der Waals surface area contributed by atoms with Crippen molar-refractivity contribution >= 4 is 17.1 Å². The fourth-order valence-corrected chi connectivity index (χ4v) is 11.4. The molecule has 0 radical (unpaired) electrons. The van der Waals surface area contributed by atoms with E-state index in [1.165, 1.54) is 100 Å². The van der Waals surface area contributed by atoms with E-state index in [1.807, 2.05) is 0 Å². The Labute approximate surface area is 368 Å². The SMILES string of the molecule is c1ccc(N(c2ccc3c(c2)Cc2ccccc2-3)c2ccccc2-c2ccc(-c3cccc4c3-c3ccccc3C43c4ccccc4-c4ccccc4-c4ccccc43)cc2)cc1. The molecule has 0 amide bonds. The summed E-state index contributed by atoms with van der Waals surface area (Å²) in [5.74, 6) is 0. The molecule has 0 saturated carbocycles. The predicted molar refractivity (Wildman–Crippen MR) is 262 cm³/mol. The molecule has 0 saturated heterocycles. The number of para-hydroxylation sites is 2. The third-order valence-corrected chi connectivity index (χ3v) is 13.9. The molecule has 10 aromatic carbocycles. The molecular formula is C62H41N. The van der Waals surface area contributed by atoms with Crippen molar-refractivity contribution < 1.29 is 0 Å². The molecule has 0 fully saturated rings. The van der Waals surface area contributed by atoms with Crippen molar-refractivity contribution in [3.63, 3.8) is 0 Å². The molecular weight excluding hydrogens is 759 g/mol. The van der Waals surface area contributed by atoms with Gasteiger partial charge < -0.3 is 4.90 Å². The van der Waals surface area contributed by atoms with Gasteiger partial charge in [-0.1, -0.05) is 206 Å². The van der Waals surface area contributed by atoms with Gasteiger partial charge in [0.2, 0.25) is 0 Å². The first-order valence-electron chi connectivity index (χ1n) is 22.1. The summed E-state index contributed by atoms with van der Waals surface area (Å²) < 4.78 is 0. The van der Waals surface area contributed by atoms with E-state index in [4.69, 9.17) is 0 Å². The highest BCUT2D eigenvalue weighted by Crippen LogP contribution is 2.62. The highest BCUT2D eigenvalue weighted by atomic mass is 15.1. The average Bonchev–Trinajstić information content (AvgIpc) is 3.85. The first-order chi connectivity index (χ1) is 31.3. The second-order valence-electron chi connectivity index (χ2n) is 17.1. The van der Waals surface area contributed by atoms with Crippen LogP contribution >= 0.6 is 0 Å². The van der Waals surface area contributed by atoms with Crippen molar-refractivity contribution in [2.45, 2.75) is 11.8 Å². The number of nitrogens with zero attached hydrogens (tertiary/aromatic N) is 1. The van der Waals surface area contributed by atoms with Crippen LogP contribution in [0.4, 0.5) is 17.1 Å². The normalized spacial score (nSPS) is 13.1. The van der Waals surface area contributed by atoms with Gasteiger partial charge in [0.05, 0.1) is 11.1 Å². The Morgan fingerprint density at radius 2 is 0.762 bits per heavy atom. The highest BCUT2D eigenvalue weighted by molar-refractivity contribution is 6.01. The molecule has 63 heavy (non-hydrogen) atoms. The molecule has 0 atom stereocenters. The molecule has 0 aliphatic heterocycles. The number of hydrogen-bond acceptors (Lipinski definition) is 1. The number of anilines is 3. The number of rotatable bonds is 5. The lowest BCUT2D eigenvalue weighted by molar-refractivity contribution is 0.775. The first kappa shape index (κ1) is 35.7. The number of hydrogen-bond donors (Lipinski definition) is 0. The van der Waals surface area contributed by atoms with Gasteiger partial charge in [0.1, 0.15) is 0 Å². The molecule has 0 N–H and O–H groups in total. The van der Waals surface area contributed by atoms with Crippen LogP contribution in [0.25, 0.3) is 66.8 Å². The topological polar surface area (TPSA) is 3.24 Å². The van der Waals surface area contributed by atoms with Crippen molar-refractivity contribution in [1.29, 1.82) is 0 Å². The van der Waals surface area contributed by atoms with E-state index >= 15 is 0 Å². The van der Waals surface area contributed by atoms with E-state index in [-0.39, 0.29) is 0 Å². The van der Waals surface area contributed by atoms with E-state index in [1.54, 1.807) is 0 Å². The molecule has 10 aromatic rings. The molecule has 13 rings (SSSR count). The minimum atomic E-state index is -0.506. The predicted octanol–water partition coefficient (Wildman–Crippen LogP) is 16.1. The molecule has 3 aliphatic carbocycles. The Morgan fingerprint density at radius 3 is 1.44 bits per heavy atom. The summed E-state index contributed by atoms with van der Waals surface area (Å²) >= 11 is 0. The maximum Gasteiger partial charge on any atom is 0.0725 e. The minimum Gasteiger partial charge on any atom is -0.310 e. The van der Waals surface area contributed by atoms with Crippen molar-refractivity contribution in [2.75, 3.05) is 4.90 Å². The van der Waals surface area contributed by atoms with E-state index < -0.39 is 5.41 Å². The van der Waals surface area contributed by atoms with Gasteiger partial charge in [-0.3, -0.25) is 0 Å². The Hall–Kier alpha value is -8.00. The Kier molecular flexibility index (Phi) is 7.95. The van der Waals surface area contributed by atoms with E-state index in [9.17, 15) is 0 Å². The average molecular weight is 800 g/mol. The van der Waals surface area contributed by atoms with Gasteiger partial charge in [-0.15, -0.1) is 0 Å². The Bertz CT molecular complexity index is 3360. The van der Waals surface area contributed by atoms with Crippen LogP contribution in [-0.4, -0.2) is 0 Å². The highest BCUT2D eigenvalue weighted by Gasteiger charge is 2.50. The van der Waals surface area contributed by atoms with E-state index in [0.717, 1.165) is 23.5 Å². The lowest BCUT2D eigenvalue weighted by atomic mass is 9.66. The molecule has 1 nitrogen and oxygen atoms in total. The largest absolute Gasteiger partial charge is 0.310 e. The van der Waals surface area contributed by atoms with Crippen LogP contribution in [0.5, 0.6) is 0 Å². The number of fused-ring (bicyclic) bond motifs is 15. The summed E-state index contributed by atoms with van der Waals surface area (Å²) in [5, 5.41) is 0. The van der Waals surface area contributed by atoms with Crippen molar-refractivity contribution in [3.05, 3.63) is 270 Å². The van der Waals surface area contributed by atoms with Gasteiger partial charge in [-0.2, -0.15) is 0 Å². The summed E-state index contributed by atoms with van der Waals surface area (Å²) in [6.45, 7) is 0. The quantitative estimate of drug-likeness (QED) is 0.168. The van der Waals surface area contributed by atoms with Crippen molar-refractivity contribution in [2.24, 2.45) is 0 Å². The van der Waals surface area contributed by atoms with Gasteiger partial charge in [-0.25, -0.2) is 0 Å². The van der Waals surface area contributed by atoms with Gasteiger partial charge in [0.25, 0.3) is 0 Å². The van der Waals surface area contributed by atoms with Crippen LogP contribution in [0.15, 0.2) is 237 Å². The Morgan fingerprint density at radius 1 is 0.286 bits per heavy atom. The molecule has 0 heterocycles. The summed E-state index contributed by atoms with van der Waals surface area (Å²) in [4.78, 5) is 2.42. The zero-order valence-electron chi connectivity index (χ0n) is 34.7.